The van der Waals surface area contributed by atoms with Crippen LogP contribution in [0.25, 0.3) is 0 Å². The molecule has 0 radical (unpaired) electrons. The fourth-order valence-corrected chi connectivity index (χ4v) is 2.23. The summed E-state index contributed by atoms with van der Waals surface area (Å²) in [5.74, 6) is 5.02. The Labute approximate surface area is 112 Å². The topological polar surface area (TPSA) is 40.5 Å². The Bertz CT molecular complexity index is 545. The van der Waals surface area contributed by atoms with Gasteiger partial charge < -0.3 is 10.0 Å². The maximum atomic E-state index is 13.3. The van der Waals surface area contributed by atoms with Crippen molar-refractivity contribution in [2.24, 2.45) is 5.92 Å². The molecule has 0 saturated carbocycles. The van der Waals surface area contributed by atoms with Gasteiger partial charge in [0.15, 0.2) is 0 Å². The lowest BCUT2D eigenvalue weighted by Crippen LogP contribution is -2.29. The highest BCUT2D eigenvalue weighted by atomic mass is 19.1. The molecule has 1 saturated heterocycles. The fourth-order valence-electron chi connectivity index (χ4n) is 2.23. The number of hydrogen-bond acceptors (Lipinski definition) is 2. The van der Waals surface area contributed by atoms with Crippen LogP contribution in [-0.2, 0) is 0 Å². The van der Waals surface area contributed by atoms with E-state index >= 15 is 0 Å². The molecule has 0 aromatic heterocycles. The van der Waals surface area contributed by atoms with Gasteiger partial charge in [-0.05, 0) is 30.5 Å². The number of benzene rings is 1. The largest absolute Gasteiger partial charge is 0.384 e. The van der Waals surface area contributed by atoms with Crippen molar-refractivity contribution in [1.82, 2.24) is 4.90 Å². The molecule has 1 aliphatic heterocycles. The quantitative estimate of drug-likeness (QED) is 0.781. The SMILES string of the molecule is CC1CCN(C(=O)c2cc(F)ccc2C#CCO)C1. The van der Waals surface area contributed by atoms with E-state index in [-0.39, 0.29) is 18.1 Å². The van der Waals surface area contributed by atoms with Crippen LogP contribution in [0, 0.1) is 23.6 Å². The smallest absolute Gasteiger partial charge is 0.255 e. The Balaban J connectivity index is 2.31. The third-order valence-electron chi connectivity index (χ3n) is 3.23. The molecule has 1 heterocycles. The molecule has 1 atom stereocenters. The van der Waals surface area contributed by atoms with E-state index in [0.717, 1.165) is 6.42 Å². The molecular formula is C15H16FNO2. The van der Waals surface area contributed by atoms with Crippen LogP contribution in [0.15, 0.2) is 18.2 Å². The summed E-state index contributed by atoms with van der Waals surface area (Å²) in [5.41, 5.74) is 0.732. The molecule has 1 fully saturated rings. The van der Waals surface area contributed by atoms with Crippen LogP contribution in [0.5, 0.6) is 0 Å². The van der Waals surface area contributed by atoms with Gasteiger partial charge in [0, 0.05) is 18.7 Å². The molecule has 4 heteroatoms. The van der Waals surface area contributed by atoms with E-state index in [4.69, 9.17) is 5.11 Å². The molecule has 3 nitrogen and oxygen atoms in total. The predicted molar refractivity (Wildman–Crippen MR) is 70.0 cm³/mol. The number of carbonyl (C=O) groups excluding carboxylic acids is 1. The second-order valence-corrected chi connectivity index (χ2v) is 4.79. The van der Waals surface area contributed by atoms with Crippen LogP contribution in [0.4, 0.5) is 4.39 Å². The molecule has 1 amide bonds. The van der Waals surface area contributed by atoms with Gasteiger partial charge in [0.05, 0.1) is 5.56 Å². The van der Waals surface area contributed by atoms with Gasteiger partial charge in [-0.15, -0.1) is 0 Å². The van der Waals surface area contributed by atoms with Gasteiger partial charge in [0.25, 0.3) is 5.91 Å². The zero-order valence-electron chi connectivity index (χ0n) is 10.8. The first-order valence-corrected chi connectivity index (χ1v) is 6.30. The maximum Gasteiger partial charge on any atom is 0.255 e. The number of amides is 1. The molecule has 0 bridgehead atoms. The van der Waals surface area contributed by atoms with Crippen LogP contribution in [0.3, 0.4) is 0 Å². The lowest BCUT2D eigenvalue weighted by molar-refractivity contribution is 0.0787. The van der Waals surface area contributed by atoms with Gasteiger partial charge in [-0.3, -0.25) is 4.79 Å². The summed E-state index contributed by atoms with van der Waals surface area (Å²) in [6.07, 6.45) is 0.971. The van der Waals surface area contributed by atoms with E-state index in [1.165, 1.54) is 18.2 Å². The first-order valence-electron chi connectivity index (χ1n) is 6.30. The van der Waals surface area contributed by atoms with E-state index in [1.54, 1.807) is 4.90 Å². The van der Waals surface area contributed by atoms with Crippen molar-refractivity contribution < 1.29 is 14.3 Å². The number of hydrogen-bond donors (Lipinski definition) is 1. The molecule has 2 rings (SSSR count). The van der Waals surface area contributed by atoms with E-state index < -0.39 is 5.82 Å². The van der Waals surface area contributed by atoms with Gasteiger partial charge in [0.1, 0.15) is 12.4 Å². The van der Waals surface area contributed by atoms with Gasteiger partial charge in [0.2, 0.25) is 0 Å². The Morgan fingerprint density at radius 2 is 2.37 bits per heavy atom. The number of carbonyl (C=O) groups is 1. The van der Waals surface area contributed by atoms with E-state index in [0.29, 0.717) is 24.6 Å². The third-order valence-corrected chi connectivity index (χ3v) is 3.23. The van der Waals surface area contributed by atoms with Gasteiger partial charge in [-0.25, -0.2) is 4.39 Å². The third kappa shape index (κ3) is 3.12. The van der Waals surface area contributed by atoms with Crippen LogP contribution in [0.1, 0.15) is 29.3 Å². The minimum Gasteiger partial charge on any atom is -0.384 e. The maximum absolute atomic E-state index is 13.3. The van der Waals surface area contributed by atoms with Crippen LogP contribution < -0.4 is 0 Å². The monoisotopic (exact) mass is 261 g/mol. The van der Waals surface area contributed by atoms with Crippen molar-refractivity contribution in [1.29, 1.82) is 0 Å². The Morgan fingerprint density at radius 1 is 1.58 bits per heavy atom. The molecular weight excluding hydrogens is 245 g/mol. The zero-order chi connectivity index (χ0) is 13.8. The van der Waals surface area contributed by atoms with Crippen molar-refractivity contribution in [3.05, 3.63) is 35.1 Å². The highest BCUT2D eigenvalue weighted by Crippen LogP contribution is 2.20. The average molecular weight is 261 g/mol. The minimum absolute atomic E-state index is 0.189. The standard InChI is InChI=1S/C15H16FNO2/c1-11-6-7-17(10-11)15(19)14-9-13(16)5-4-12(14)3-2-8-18/h4-5,9,11,18H,6-8,10H2,1H3. The second-order valence-electron chi connectivity index (χ2n) is 4.79. The molecule has 1 aromatic carbocycles. The van der Waals surface area contributed by atoms with Crippen molar-refractivity contribution in [3.63, 3.8) is 0 Å². The number of halogens is 1. The Kier molecular flexibility index (Phi) is 4.18. The molecule has 0 aliphatic carbocycles. The molecule has 1 N–H and O–H groups in total. The molecule has 1 aromatic rings. The molecule has 1 unspecified atom stereocenters. The molecule has 100 valence electrons. The van der Waals surface area contributed by atoms with Crippen molar-refractivity contribution in [2.45, 2.75) is 13.3 Å². The summed E-state index contributed by atoms with van der Waals surface area (Å²) in [5, 5.41) is 8.71. The van der Waals surface area contributed by atoms with Gasteiger partial charge in [-0.2, -0.15) is 0 Å². The van der Waals surface area contributed by atoms with Crippen LogP contribution >= 0.6 is 0 Å². The summed E-state index contributed by atoms with van der Waals surface area (Å²) in [6.45, 7) is 3.20. The highest BCUT2D eigenvalue weighted by Gasteiger charge is 2.25. The summed E-state index contributed by atoms with van der Waals surface area (Å²) in [6, 6.07) is 3.96. The van der Waals surface area contributed by atoms with Crippen molar-refractivity contribution >= 4 is 5.91 Å². The van der Waals surface area contributed by atoms with Gasteiger partial charge in [-0.1, -0.05) is 18.8 Å². The predicted octanol–water partition coefficient (Wildman–Crippen LogP) is 1.65. The van der Waals surface area contributed by atoms with Crippen molar-refractivity contribution in [3.8, 4) is 11.8 Å². The lowest BCUT2D eigenvalue weighted by atomic mass is 10.1. The van der Waals surface area contributed by atoms with Gasteiger partial charge >= 0.3 is 0 Å². The molecule has 1 aliphatic rings. The number of aliphatic hydroxyl groups excluding tert-OH is 1. The van der Waals surface area contributed by atoms with E-state index in [1.807, 2.05) is 0 Å². The average Bonchev–Trinajstić information content (AvgIpc) is 2.83. The number of rotatable bonds is 1. The zero-order valence-corrected chi connectivity index (χ0v) is 10.8. The Morgan fingerprint density at radius 3 is 3.00 bits per heavy atom. The first kappa shape index (κ1) is 13.6. The summed E-state index contributed by atoms with van der Waals surface area (Å²) < 4.78 is 13.3. The molecule has 0 spiro atoms. The highest BCUT2D eigenvalue weighted by molar-refractivity contribution is 5.97. The first-order chi connectivity index (χ1) is 9.11. The summed E-state index contributed by atoms with van der Waals surface area (Å²) >= 11 is 0. The fraction of sp³-hybridized carbons (Fsp3) is 0.400. The minimum atomic E-state index is -0.454. The van der Waals surface area contributed by atoms with Crippen LogP contribution in [0.2, 0.25) is 0 Å². The van der Waals surface area contributed by atoms with E-state index in [2.05, 4.69) is 18.8 Å². The summed E-state index contributed by atoms with van der Waals surface area (Å²) in [4.78, 5) is 14.1. The lowest BCUT2D eigenvalue weighted by Gasteiger charge is -2.16. The number of nitrogens with zero attached hydrogens (tertiary/aromatic N) is 1. The summed E-state index contributed by atoms with van der Waals surface area (Å²) in [7, 11) is 0. The molecule has 19 heavy (non-hydrogen) atoms. The number of likely N-dealkylation sites (tertiary alicyclic amines) is 1. The van der Waals surface area contributed by atoms with Crippen LogP contribution in [-0.4, -0.2) is 35.6 Å². The Hall–Kier alpha value is -1.86. The van der Waals surface area contributed by atoms with Crippen molar-refractivity contribution in [2.75, 3.05) is 19.7 Å². The van der Waals surface area contributed by atoms with E-state index in [9.17, 15) is 9.18 Å². The second kappa shape index (κ2) is 5.85. The normalized spacial score (nSPS) is 18.1. The number of aliphatic hydroxyl groups is 1.